The number of unbranched alkanes of at least 4 members (excludes halogenated alkanes) is 12. The maximum Gasteiger partial charge on any atom is 0.220 e. The van der Waals surface area contributed by atoms with E-state index in [-0.39, 0.29) is 12.5 Å². The third kappa shape index (κ3) is 22.7. The average Bonchev–Trinajstić information content (AvgIpc) is 3.11. The molecule has 1 fully saturated rings. The van der Waals surface area contributed by atoms with Crippen LogP contribution >= 0.6 is 0 Å². The van der Waals surface area contributed by atoms with Crippen LogP contribution in [0, 0.1) is 0 Å². The Morgan fingerprint density at radius 3 is 1.92 bits per heavy atom. The van der Waals surface area contributed by atoms with Gasteiger partial charge in [-0.05, 0) is 64.2 Å². The van der Waals surface area contributed by atoms with E-state index in [0.717, 1.165) is 77.0 Å². The predicted octanol–water partition coefficient (Wildman–Crippen LogP) is 6.88. The molecule has 1 rings (SSSR count). The molecule has 0 aromatic carbocycles. The van der Waals surface area contributed by atoms with Crippen molar-refractivity contribution >= 4 is 5.91 Å². The summed E-state index contributed by atoms with van der Waals surface area (Å²) < 4.78 is 11.1. The molecular weight excluding hydrogens is 634 g/mol. The number of ether oxygens (including phenoxy) is 2. The van der Waals surface area contributed by atoms with E-state index in [1.54, 1.807) is 6.08 Å². The summed E-state index contributed by atoms with van der Waals surface area (Å²) in [7, 11) is 0. The van der Waals surface area contributed by atoms with E-state index >= 15 is 0 Å². The summed E-state index contributed by atoms with van der Waals surface area (Å²) in [6.45, 7) is 3.58. The van der Waals surface area contributed by atoms with Crippen LogP contribution in [0.1, 0.15) is 136 Å². The van der Waals surface area contributed by atoms with Crippen molar-refractivity contribution in [2.45, 2.75) is 179 Å². The van der Waals surface area contributed by atoms with Gasteiger partial charge in [0.25, 0.3) is 0 Å². The summed E-state index contributed by atoms with van der Waals surface area (Å²) >= 11 is 0. The topological polar surface area (TPSA) is 149 Å². The molecule has 6 N–H and O–H groups in total. The zero-order valence-electron chi connectivity index (χ0n) is 31.1. The second-order valence-electron chi connectivity index (χ2n) is 13.3. The van der Waals surface area contributed by atoms with Gasteiger partial charge in [0.15, 0.2) is 6.29 Å². The fraction of sp³-hybridized carbons (Fsp3) is 0.732. The number of nitrogens with one attached hydrogen (secondary N) is 1. The average molecular weight is 706 g/mol. The lowest BCUT2D eigenvalue weighted by atomic mass is 9.99. The van der Waals surface area contributed by atoms with Crippen LogP contribution in [0.25, 0.3) is 0 Å². The van der Waals surface area contributed by atoms with E-state index in [1.807, 2.05) is 6.08 Å². The minimum absolute atomic E-state index is 0.210. The van der Waals surface area contributed by atoms with Gasteiger partial charge in [-0.15, -0.1) is 0 Å². The molecule has 50 heavy (non-hydrogen) atoms. The van der Waals surface area contributed by atoms with Crippen molar-refractivity contribution in [1.82, 2.24) is 5.32 Å². The first kappa shape index (κ1) is 45.9. The van der Waals surface area contributed by atoms with Crippen molar-refractivity contribution in [2.24, 2.45) is 0 Å². The molecule has 1 aliphatic heterocycles. The summed E-state index contributed by atoms with van der Waals surface area (Å²) in [6.07, 6.45) is 32.6. The van der Waals surface area contributed by atoms with E-state index in [0.29, 0.717) is 6.42 Å². The highest BCUT2D eigenvalue weighted by molar-refractivity contribution is 5.76. The second kappa shape index (κ2) is 31.6. The van der Waals surface area contributed by atoms with Gasteiger partial charge in [0, 0.05) is 6.42 Å². The van der Waals surface area contributed by atoms with E-state index in [9.17, 15) is 30.3 Å². The summed E-state index contributed by atoms with van der Waals surface area (Å²) in [6, 6.07) is -0.830. The number of amides is 1. The Morgan fingerprint density at radius 2 is 1.26 bits per heavy atom. The first-order chi connectivity index (χ1) is 24.3. The molecule has 0 spiro atoms. The molecule has 288 valence electrons. The summed E-state index contributed by atoms with van der Waals surface area (Å²) in [4.78, 5) is 12.9. The first-order valence-corrected chi connectivity index (χ1v) is 19.5. The molecule has 0 bridgehead atoms. The third-order valence-corrected chi connectivity index (χ3v) is 8.83. The maximum absolute atomic E-state index is 12.9. The quantitative estimate of drug-likeness (QED) is 0.0350. The Kier molecular flexibility index (Phi) is 29.0. The van der Waals surface area contributed by atoms with Gasteiger partial charge in [-0.25, -0.2) is 0 Å². The molecule has 1 saturated heterocycles. The molecule has 7 atom stereocenters. The summed E-state index contributed by atoms with van der Waals surface area (Å²) in [5, 5.41) is 53.9. The van der Waals surface area contributed by atoms with Crippen molar-refractivity contribution in [2.75, 3.05) is 13.2 Å². The molecule has 1 aliphatic rings. The lowest BCUT2D eigenvalue weighted by molar-refractivity contribution is -0.302. The summed E-state index contributed by atoms with van der Waals surface area (Å²) in [5.74, 6) is -0.210. The zero-order valence-corrected chi connectivity index (χ0v) is 31.1. The first-order valence-electron chi connectivity index (χ1n) is 19.5. The standard InChI is InChI=1S/C41H71NO8/c1-3-5-7-9-11-13-15-17-18-19-21-23-25-27-29-31-37(45)42-34(33-49-41-40(48)39(47)38(46)36(32-43)50-41)35(44)30-28-26-24-22-20-16-14-12-10-8-6-4-2/h5,7,11,13,17-18,20,22,28,30,34-36,38-41,43-44,46-48H,3-4,6,8-10,12,14-16,19,21,23-27,29,31-33H2,1-2H3,(H,42,45)/b7-5-,13-11-,18-17-,22-20+,30-28+. The number of rotatable bonds is 30. The van der Waals surface area contributed by atoms with E-state index in [4.69, 9.17) is 9.47 Å². The van der Waals surface area contributed by atoms with Crippen molar-refractivity contribution < 1.29 is 39.8 Å². The van der Waals surface area contributed by atoms with Gasteiger partial charge in [0.2, 0.25) is 5.91 Å². The van der Waals surface area contributed by atoms with Crippen LogP contribution in [0.15, 0.2) is 60.8 Å². The molecule has 0 aromatic heterocycles. The number of hydrogen-bond acceptors (Lipinski definition) is 8. The lowest BCUT2D eigenvalue weighted by Gasteiger charge is -2.40. The number of aliphatic hydroxyl groups is 5. The molecular formula is C41H71NO8. The van der Waals surface area contributed by atoms with Crippen LogP contribution in [0.5, 0.6) is 0 Å². The monoisotopic (exact) mass is 706 g/mol. The number of carbonyl (C=O) groups excluding carboxylic acids is 1. The van der Waals surface area contributed by atoms with Gasteiger partial charge in [-0.2, -0.15) is 0 Å². The predicted molar refractivity (Wildman–Crippen MR) is 202 cm³/mol. The van der Waals surface area contributed by atoms with Crippen molar-refractivity contribution in [3.63, 3.8) is 0 Å². The van der Waals surface area contributed by atoms with Crippen molar-refractivity contribution in [1.29, 1.82) is 0 Å². The Hall–Kier alpha value is -2.11. The number of allylic oxidation sites excluding steroid dienone is 9. The molecule has 1 heterocycles. The normalized spacial score (nSPS) is 22.9. The molecule has 0 aromatic rings. The zero-order chi connectivity index (χ0) is 36.7. The molecule has 9 nitrogen and oxygen atoms in total. The van der Waals surface area contributed by atoms with Gasteiger partial charge < -0.3 is 40.3 Å². The number of aliphatic hydroxyl groups excluding tert-OH is 5. The van der Waals surface area contributed by atoms with Gasteiger partial charge in [-0.1, -0.05) is 126 Å². The Balaban J connectivity index is 2.49. The fourth-order valence-electron chi connectivity index (χ4n) is 5.65. The lowest BCUT2D eigenvalue weighted by Crippen LogP contribution is -2.60. The van der Waals surface area contributed by atoms with Gasteiger partial charge >= 0.3 is 0 Å². The highest BCUT2D eigenvalue weighted by Crippen LogP contribution is 2.22. The highest BCUT2D eigenvalue weighted by Gasteiger charge is 2.44. The van der Waals surface area contributed by atoms with Crippen molar-refractivity contribution in [3.05, 3.63) is 60.8 Å². The molecule has 0 radical (unpaired) electrons. The van der Waals surface area contributed by atoms with Gasteiger partial charge in [-0.3, -0.25) is 4.79 Å². The molecule has 7 unspecified atom stereocenters. The Labute approximate surface area is 303 Å². The van der Waals surface area contributed by atoms with Crippen LogP contribution in [-0.2, 0) is 14.3 Å². The molecule has 0 saturated carbocycles. The second-order valence-corrected chi connectivity index (χ2v) is 13.3. The smallest absolute Gasteiger partial charge is 0.220 e. The highest BCUT2D eigenvalue weighted by atomic mass is 16.7. The van der Waals surface area contributed by atoms with Crippen LogP contribution in [0.3, 0.4) is 0 Å². The van der Waals surface area contributed by atoms with Crippen LogP contribution < -0.4 is 5.32 Å². The third-order valence-electron chi connectivity index (χ3n) is 8.83. The number of hydrogen-bond donors (Lipinski definition) is 6. The van der Waals surface area contributed by atoms with Gasteiger partial charge in [0.1, 0.15) is 24.4 Å². The van der Waals surface area contributed by atoms with Crippen molar-refractivity contribution in [3.8, 4) is 0 Å². The van der Waals surface area contributed by atoms with Crippen LogP contribution in [-0.4, -0.2) is 87.5 Å². The van der Waals surface area contributed by atoms with Crippen LogP contribution in [0.2, 0.25) is 0 Å². The van der Waals surface area contributed by atoms with E-state index < -0.39 is 49.5 Å². The molecule has 9 heteroatoms. The Morgan fingerprint density at radius 1 is 0.700 bits per heavy atom. The molecule has 1 amide bonds. The van der Waals surface area contributed by atoms with Gasteiger partial charge in [0.05, 0.1) is 25.4 Å². The number of carbonyl (C=O) groups is 1. The van der Waals surface area contributed by atoms with E-state index in [1.165, 1.54) is 38.5 Å². The maximum atomic E-state index is 12.9. The minimum atomic E-state index is -1.57. The fourth-order valence-corrected chi connectivity index (χ4v) is 5.65. The minimum Gasteiger partial charge on any atom is -0.394 e. The Bertz CT molecular complexity index is 962. The SMILES string of the molecule is CC/C=C\C/C=C\C/C=C\CCCCCCCC(=O)NC(COC1OC(CO)C(O)C(O)C1O)C(O)/C=C/CC/C=C/CCCCCCCC. The molecule has 0 aliphatic carbocycles. The van der Waals surface area contributed by atoms with Crippen LogP contribution in [0.4, 0.5) is 0 Å². The largest absolute Gasteiger partial charge is 0.394 e. The summed E-state index contributed by atoms with van der Waals surface area (Å²) in [5.41, 5.74) is 0. The van der Waals surface area contributed by atoms with E-state index in [2.05, 4.69) is 67.8 Å².